The molecule has 2 aliphatic heterocycles. The van der Waals surface area contributed by atoms with Crippen molar-refractivity contribution in [2.45, 2.75) is 88.3 Å². The average molecular weight is 455 g/mol. The van der Waals surface area contributed by atoms with E-state index in [1.54, 1.807) is 0 Å². The first-order valence-electron chi connectivity index (χ1n) is 11.4. The third-order valence-corrected chi connectivity index (χ3v) is 7.75. The molecule has 11 unspecified atom stereocenters. The minimum absolute atomic E-state index is 0.00101. The number of piperazine rings is 1. The molecule has 11 atom stereocenters. The molecule has 1 aliphatic carbocycles. The molecular weight excluding hydrogens is 417 g/mol. The molecule has 0 aromatic carbocycles. The Morgan fingerprint density at radius 3 is 2.29 bits per heavy atom. The first-order chi connectivity index (χ1) is 14.5. The molecule has 2 heterocycles. The Kier molecular flexibility index (Phi) is 8.27. The highest BCUT2D eigenvalue weighted by Crippen LogP contribution is 2.42. The molecule has 0 aromatic rings. The van der Waals surface area contributed by atoms with Crippen molar-refractivity contribution in [2.24, 2.45) is 23.7 Å². The van der Waals surface area contributed by atoms with Crippen LogP contribution in [0.3, 0.4) is 0 Å². The van der Waals surface area contributed by atoms with Crippen molar-refractivity contribution < 1.29 is 38.3 Å². The van der Waals surface area contributed by atoms with Crippen LogP contribution < -0.4 is 10.6 Å². The Morgan fingerprint density at radius 2 is 1.74 bits per heavy atom. The van der Waals surface area contributed by atoms with Crippen molar-refractivity contribution in [3.05, 3.63) is 0 Å². The number of nitrogens with one attached hydrogen (secondary N) is 2. The predicted molar refractivity (Wildman–Crippen MR) is 107 cm³/mol. The summed E-state index contributed by atoms with van der Waals surface area (Å²) >= 11 is 0. The fourth-order valence-electron chi connectivity index (χ4n) is 5.87. The van der Waals surface area contributed by atoms with E-state index in [4.69, 9.17) is 4.74 Å². The quantitative estimate of drug-likeness (QED) is 0.365. The Balaban J connectivity index is 1.58. The number of ether oxygens (including phenoxy) is 1. The summed E-state index contributed by atoms with van der Waals surface area (Å²) in [5.41, 5.74) is 0. The van der Waals surface area contributed by atoms with Crippen molar-refractivity contribution >= 4 is 0 Å². The number of hydrogen-bond acceptors (Lipinski definition) is 7. The molecule has 0 amide bonds. The minimum atomic E-state index is -4.24. The molecule has 2 saturated heterocycles. The first-order valence-corrected chi connectivity index (χ1v) is 11.4. The lowest BCUT2D eigenvalue weighted by Crippen LogP contribution is -2.62. The monoisotopic (exact) mass is 454 g/mol. The summed E-state index contributed by atoms with van der Waals surface area (Å²) in [5.74, 6) is 0.706. The highest BCUT2D eigenvalue weighted by Gasteiger charge is 2.46. The maximum atomic E-state index is 12.9. The molecule has 3 rings (SSSR count). The van der Waals surface area contributed by atoms with Gasteiger partial charge in [-0.05, 0) is 42.9 Å². The van der Waals surface area contributed by atoms with Gasteiger partial charge in [0.25, 0.3) is 0 Å². The highest BCUT2D eigenvalue weighted by molar-refractivity contribution is 4.96. The van der Waals surface area contributed by atoms with Crippen LogP contribution in [0.15, 0.2) is 0 Å². The smallest absolute Gasteiger partial charge is 0.394 e. The number of aliphatic hydroxyl groups is 4. The predicted octanol–water partition coefficient (Wildman–Crippen LogP) is 0.400. The van der Waals surface area contributed by atoms with E-state index in [1.807, 2.05) is 6.92 Å². The van der Waals surface area contributed by atoms with E-state index in [1.165, 1.54) is 0 Å². The number of hydrogen-bond donors (Lipinski definition) is 6. The molecule has 0 spiro atoms. The van der Waals surface area contributed by atoms with Crippen LogP contribution in [0, 0.1) is 23.7 Å². The van der Waals surface area contributed by atoms with Crippen LogP contribution in [0.4, 0.5) is 13.2 Å². The fraction of sp³-hybridized carbons (Fsp3) is 1.00. The fourth-order valence-corrected chi connectivity index (χ4v) is 5.87. The summed E-state index contributed by atoms with van der Waals surface area (Å²) in [6.07, 6.45) is -6.62. The molecule has 3 fully saturated rings. The van der Waals surface area contributed by atoms with Gasteiger partial charge in [0.2, 0.25) is 0 Å². The molecule has 0 aromatic heterocycles. The zero-order valence-corrected chi connectivity index (χ0v) is 18.1. The Hall–Kier alpha value is -0.490. The Morgan fingerprint density at radius 1 is 1.03 bits per heavy atom. The van der Waals surface area contributed by atoms with Crippen LogP contribution in [0.5, 0.6) is 0 Å². The minimum Gasteiger partial charge on any atom is -0.394 e. The number of alkyl halides is 3. The van der Waals surface area contributed by atoms with Crippen molar-refractivity contribution in [1.29, 1.82) is 0 Å². The summed E-state index contributed by atoms with van der Waals surface area (Å²) in [7, 11) is 0. The van der Waals surface area contributed by atoms with Gasteiger partial charge in [-0.25, -0.2) is 0 Å². The summed E-state index contributed by atoms with van der Waals surface area (Å²) in [5, 5.41) is 46.0. The lowest BCUT2D eigenvalue weighted by atomic mass is 9.66. The van der Waals surface area contributed by atoms with Crippen molar-refractivity contribution in [2.75, 3.05) is 19.7 Å². The normalized spacial score (nSPS) is 46.4. The van der Waals surface area contributed by atoms with E-state index in [2.05, 4.69) is 17.6 Å². The van der Waals surface area contributed by atoms with E-state index in [0.29, 0.717) is 6.54 Å². The van der Waals surface area contributed by atoms with E-state index in [0.717, 1.165) is 19.3 Å². The largest absolute Gasteiger partial charge is 0.405 e. The summed E-state index contributed by atoms with van der Waals surface area (Å²) in [6.45, 7) is 3.84. The van der Waals surface area contributed by atoms with Gasteiger partial charge < -0.3 is 35.8 Å². The third kappa shape index (κ3) is 5.72. The zero-order valence-electron chi connectivity index (χ0n) is 18.1. The second-order valence-electron chi connectivity index (χ2n) is 9.77. The maximum absolute atomic E-state index is 12.9. The number of rotatable bonds is 4. The zero-order chi connectivity index (χ0) is 22.9. The topological polar surface area (TPSA) is 114 Å². The van der Waals surface area contributed by atoms with Crippen molar-refractivity contribution in [1.82, 2.24) is 10.6 Å². The lowest BCUT2D eigenvalue weighted by molar-refractivity contribution is -0.159. The van der Waals surface area contributed by atoms with Crippen LogP contribution in [0.1, 0.15) is 39.5 Å². The standard InChI is InChI=1S/C21H37F3N2O5/c1-10-5-12(14-7-26-18(8-25-14)21(22,23)24)3-4-13(10)11(2)20-16(29)6-15(28)19(30)17(9-27)31-20/h10-20,25-30H,3-9H2,1-2H3. The van der Waals surface area contributed by atoms with E-state index >= 15 is 0 Å². The van der Waals surface area contributed by atoms with E-state index in [9.17, 15) is 33.6 Å². The van der Waals surface area contributed by atoms with Crippen molar-refractivity contribution in [3.63, 3.8) is 0 Å². The van der Waals surface area contributed by atoms with Gasteiger partial charge in [-0.3, -0.25) is 0 Å². The van der Waals surface area contributed by atoms with Gasteiger partial charge in [0.05, 0.1) is 24.9 Å². The molecule has 182 valence electrons. The third-order valence-electron chi connectivity index (χ3n) is 7.75. The summed E-state index contributed by atoms with van der Waals surface area (Å²) < 4.78 is 44.5. The molecule has 3 aliphatic rings. The van der Waals surface area contributed by atoms with Crippen molar-refractivity contribution in [3.8, 4) is 0 Å². The maximum Gasteiger partial charge on any atom is 0.405 e. The van der Waals surface area contributed by atoms with Crippen LogP contribution in [0.2, 0.25) is 0 Å². The molecule has 10 heteroatoms. The summed E-state index contributed by atoms with van der Waals surface area (Å²) in [6, 6.07) is -1.50. The molecule has 0 radical (unpaired) electrons. The molecule has 0 bridgehead atoms. The molecule has 31 heavy (non-hydrogen) atoms. The van der Waals surface area contributed by atoms with Gasteiger partial charge in [-0.1, -0.05) is 13.8 Å². The van der Waals surface area contributed by atoms with Crippen LogP contribution >= 0.6 is 0 Å². The number of halogens is 3. The SMILES string of the molecule is CC1CC(C2CNC(C(F)(F)F)CN2)CCC1C(C)C1OC(CO)C(O)C(O)CC1O. The number of aliphatic hydroxyl groups excluding tert-OH is 4. The molecule has 7 nitrogen and oxygen atoms in total. The van der Waals surface area contributed by atoms with E-state index in [-0.39, 0.29) is 42.7 Å². The molecular formula is C21H37F3N2O5. The lowest BCUT2D eigenvalue weighted by Gasteiger charge is -2.45. The Bertz CT molecular complexity index is 576. The van der Waals surface area contributed by atoms with Crippen LogP contribution in [0.25, 0.3) is 0 Å². The van der Waals surface area contributed by atoms with Gasteiger partial charge in [-0.15, -0.1) is 0 Å². The summed E-state index contributed by atoms with van der Waals surface area (Å²) in [4.78, 5) is 0. The Labute approximate surface area is 181 Å². The molecule has 6 N–H and O–H groups in total. The first kappa shape index (κ1) is 25.1. The van der Waals surface area contributed by atoms with Gasteiger partial charge in [0.15, 0.2) is 0 Å². The highest BCUT2D eigenvalue weighted by atomic mass is 19.4. The van der Waals surface area contributed by atoms with Crippen LogP contribution in [-0.2, 0) is 4.74 Å². The van der Waals surface area contributed by atoms with E-state index < -0.39 is 49.3 Å². The van der Waals surface area contributed by atoms with Gasteiger partial charge >= 0.3 is 6.18 Å². The second kappa shape index (κ2) is 10.2. The van der Waals surface area contributed by atoms with Crippen LogP contribution in [-0.4, -0.2) is 88.9 Å². The van der Waals surface area contributed by atoms with Gasteiger partial charge in [-0.2, -0.15) is 13.2 Å². The second-order valence-corrected chi connectivity index (χ2v) is 9.77. The molecule has 1 saturated carbocycles. The van der Waals surface area contributed by atoms with Gasteiger partial charge in [0.1, 0.15) is 18.2 Å². The average Bonchev–Trinajstić information content (AvgIpc) is 2.83. The van der Waals surface area contributed by atoms with Gasteiger partial charge in [0, 0.05) is 25.6 Å².